The van der Waals surface area contributed by atoms with Gasteiger partial charge in [0.15, 0.2) is 0 Å². The van der Waals surface area contributed by atoms with Gasteiger partial charge in [-0.3, -0.25) is 4.79 Å². The van der Waals surface area contributed by atoms with Crippen LogP contribution in [0.15, 0.2) is 48.5 Å². The van der Waals surface area contributed by atoms with Crippen LogP contribution in [0.1, 0.15) is 23.0 Å². The van der Waals surface area contributed by atoms with Crippen LogP contribution < -0.4 is 10.6 Å². The minimum atomic E-state index is -0.291. The van der Waals surface area contributed by atoms with Crippen molar-refractivity contribution in [2.24, 2.45) is 5.73 Å². The fraction of sp³-hybridized carbons (Fsp3) is 0.222. The number of amides is 1. The van der Waals surface area contributed by atoms with Gasteiger partial charge >= 0.3 is 0 Å². The lowest BCUT2D eigenvalue weighted by Gasteiger charge is -2.20. The first kappa shape index (κ1) is 15.6. The number of aromatic nitrogens is 1. The molecule has 2 aromatic carbocycles. The number of carbonyl (C=O) groups excluding carboxylic acids is 1. The Morgan fingerprint density at radius 1 is 1.26 bits per heavy atom. The van der Waals surface area contributed by atoms with Gasteiger partial charge in [0.05, 0.1) is 15.2 Å². The van der Waals surface area contributed by atoms with E-state index in [0.717, 1.165) is 26.5 Å². The molecule has 1 aromatic heterocycles. The van der Waals surface area contributed by atoms with Crippen LogP contribution in [0.3, 0.4) is 0 Å². The van der Waals surface area contributed by atoms with Crippen molar-refractivity contribution in [3.63, 3.8) is 0 Å². The predicted octanol–water partition coefficient (Wildman–Crippen LogP) is 3.66. The predicted molar refractivity (Wildman–Crippen MR) is 95.8 cm³/mol. The molecule has 0 saturated heterocycles. The van der Waals surface area contributed by atoms with Gasteiger partial charge in [0.2, 0.25) is 5.91 Å². The maximum absolute atomic E-state index is 12.5. The standard InChI is InChI=1S/C18H19N3OS/c1-12-20-16-9-8-14(10-17(16)23-12)21(2)18(22)11-15(19)13-6-4-3-5-7-13/h3-10,15H,11,19H2,1-2H3/t15-/m0/s1. The van der Waals surface area contributed by atoms with E-state index in [1.54, 1.807) is 23.3 Å². The number of aryl methyl sites for hydroxylation is 1. The Morgan fingerprint density at radius 2 is 2.00 bits per heavy atom. The minimum Gasteiger partial charge on any atom is -0.324 e. The monoisotopic (exact) mass is 325 g/mol. The number of nitrogens with zero attached hydrogens (tertiary/aromatic N) is 2. The Morgan fingerprint density at radius 3 is 2.74 bits per heavy atom. The van der Waals surface area contributed by atoms with Crippen LogP contribution >= 0.6 is 11.3 Å². The van der Waals surface area contributed by atoms with E-state index in [1.807, 2.05) is 55.5 Å². The second kappa shape index (κ2) is 6.48. The number of hydrogen-bond acceptors (Lipinski definition) is 4. The summed E-state index contributed by atoms with van der Waals surface area (Å²) in [6.07, 6.45) is 0.278. The van der Waals surface area contributed by atoms with E-state index in [0.29, 0.717) is 0 Å². The third-order valence-corrected chi connectivity index (χ3v) is 4.80. The lowest BCUT2D eigenvalue weighted by atomic mass is 10.0. The average molecular weight is 325 g/mol. The lowest BCUT2D eigenvalue weighted by Crippen LogP contribution is -2.29. The van der Waals surface area contributed by atoms with Crippen molar-refractivity contribution < 1.29 is 4.79 Å². The Hall–Kier alpha value is -2.24. The molecule has 0 spiro atoms. The highest BCUT2D eigenvalue weighted by Crippen LogP contribution is 2.27. The number of rotatable bonds is 4. The van der Waals surface area contributed by atoms with Crippen LogP contribution in [0.5, 0.6) is 0 Å². The number of hydrogen-bond donors (Lipinski definition) is 1. The Bertz CT molecular complexity index is 829. The summed E-state index contributed by atoms with van der Waals surface area (Å²) in [5.41, 5.74) is 8.96. The lowest BCUT2D eigenvalue weighted by molar-refractivity contribution is -0.118. The quantitative estimate of drug-likeness (QED) is 0.796. The average Bonchev–Trinajstić information content (AvgIpc) is 2.93. The Labute approximate surface area is 139 Å². The van der Waals surface area contributed by atoms with E-state index in [4.69, 9.17) is 5.73 Å². The summed E-state index contributed by atoms with van der Waals surface area (Å²) in [6.45, 7) is 1.98. The topological polar surface area (TPSA) is 59.2 Å². The molecule has 3 rings (SSSR count). The maximum Gasteiger partial charge on any atom is 0.228 e. The van der Waals surface area contributed by atoms with Crippen LogP contribution in [0.25, 0.3) is 10.2 Å². The molecule has 2 N–H and O–H groups in total. The first-order valence-electron chi connectivity index (χ1n) is 7.49. The molecular formula is C18H19N3OS. The third-order valence-electron chi connectivity index (χ3n) is 3.86. The maximum atomic E-state index is 12.5. The molecule has 0 saturated carbocycles. The zero-order valence-electron chi connectivity index (χ0n) is 13.2. The summed E-state index contributed by atoms with van der Waals surface area (Å²) in [5.74, 6) is 0.00180. The first-order valence-corrected chi connectivity index (χ1v) is 8.30. The molecule has 118 valence electrons. The van der Waals surface area contributed by atoms with Crippen molar-refractivity contribution in [3.8, 4) is 0 Å². The fourth-order valence-electron chi connectivity index (χ4n) is 2.52. The van der Waals surface area contributed by atoms with Crippen LogP contribution in [0.2, 0.25) is 0 Å². The van der Waals surface area contributed by atoms with E-state index in [9.17, 15) is 4.79 Å². The van der Waals surface area contributed by atoms with Gasteiger partial charge in [0.1, 0.15) is 0 Å². The summed E-state index contributed by atoms with van der Waals surface area (Å²) in [6, 6.07) is 15.3. The fourth-order valence-corrected chi connectivity index (χ4v) is 3.38. The van der Waals surface area contributed by atoms with Crippen molar-refractivity contribution in [1.82, 2.24) is 4.98 Å². The first-order chi connectivity index (χ1) is 11.0. The van der Waals surface area contributed by atoms with Crippen LogP contribution in [-0.4, -0.2) is 17.9 Å². The highest BCUT2D eigenvalue weighted by Gasteiger charge is 2.17. The molecule has 4 nitrogen and oxygen atoms in total. The molecule has 0 aliphatic carbocycles. The largest absolute Gasteiger partial charge is 0.324 e. The summed E-state index contributed by atoms with van der Waals surface area (Å²) >= 11 is 1.63. The molecule has 1 amide bonds. The molecule has 1 atom stereocenters. The van der Waals surface area contributed by atoms with Gasteiger partial charge < -0.3 is 10.6 Å². The van der Waals surface area contributed by atoms with E-state index in [1.165, 1.54) is 0 Å². The van der Waals surface area contributed by atoms with Gasteiger partial charge in [-0.15, -0.1) is 11.3 Å². The van der Waals surface area contributed by atoms with Gasteiger partial charge in [0.25, 0.3) is 0 Å². The van der Waals surface area contributed by atoms with Crippen molar-refractivity contribution in [1.29, 1.82) is 0 Å². The second-order valence-corrected chi connectivity index (χ2v) is 6.79. The number of carbonyl (C=O) groups is 1. The van der Waals surface area contributed by atoms with E-state index in [2.05, 4.69) is 4.98 Å². The zero-order chi connectivity index (χ0) is 16.4. The van der Waals surface area contributed by atoms with Crippen molar-refractivity contribution >= 4 is 33.1 Å². The SMILES string of the molecule is Cc1nc2ccc(N(C)C(=O)C[C@H](N)c3ccccc3)cc2s1. The molecule has 0 unspecified atom stereocenters. The molecule has 0 aliphatic heterocycles. The van der Waals surface area contributed by atoms with Gasteiger partial charge in [-0.1, -0.05) is 30.3 Å². The summed E-state index contributed by atoms with van der Waals surface area (Å²) in [4.78, 5) is 18.6. The number of anilines is 1. The van der Waals surface area contributed by atoms with Gasteiger partial charge in [0, 0.05) is 25.2 Å². The summed E-state index contributed by atoms with van der Waals surface area (Å²) in [7, 11) is 1.79. The molecular weight excluding hydrogens is 306 g/mol. The van der Waals surface area contributed by atoms with Gasteiger partial charge in [-0.25, -0.2) is 4.98 Å². The summed E-state index contributed by atoms with van der Waals surface area (Å²) < 4.78 is 1.09. The molecule has 0 bridgehead atoms. The molecule has 0 fully saturated rings. The van der Waals surface area contributed by atoms with Crippen LogP contribution in [0.4, 0.5) is 5.69 Å². The Balaban J connectivity index is 1.75. The third kappa shape index (κ3) is 3.41. The van der Waals surface area contributed by atoms with E-state index < -0.39 is 0 Å². The highest BCUT2D eigenvalue weighted by molar-refractivity contribution is 7.18. The summed E-state index contributed by atoms with van der Waals surface area (Å²) in [5, 5.41) is 1.03. The molecule has 0 radical (unpaired) electrons. The zero-order valence-corrected chi connectivity index (χ0v) is 14.0. The molecule has 5 heteroatoms. The van der Waals surface area contributed by atoms with Crippen molar-refractivity contribution in [2.75, 3.05) is 11.9 Å². The van der Waals surface area contributed by atoms with Crippen molar-refractivity contribution in [2.45, 2.75) is 19.4 Å². The van der Waals surface area contributed by atoms with Gasteiger partial charge in [-0.2, -0.15) is 0 Å². The van der Waals surface area contributed by atoms with Crippen molar-refractivity contribution in [3.05, 3.63) is 59.1 Å². The highest BCUT2D eigenvalue weighted by atomic mass is 32.1. The molecule has 3 aromatic rings. The molecule has 1 heterocycles. The number of fused-ring (bicyclic) bond motifs is 1. The number of thiazole rings is 1. The van der Waals surface area contributed by atoms with E-state index >= 15 is 0 Å². The number of benzene rings is 2. The number of nitrogens with two attached hydrogens (primary N) is 1. The van der Waals surface area contributed by atoms with Gasteiger partial charge in [-0.05, 0) is 30.7 Å². The van der Waals surface area contributed by atoms with Crippen LogP contribution in [-0.2, 0) is 4.79 Å². The molecule has 0 aliphatic rings. The Kier molecular flexibility index (Phi) is 4.41. The second-order valence-electron chi connectivity index (χ2n) is 5.56. The van der Waals surface area contributed by atoms with E-state index in [-0.39, 0.29) is 18.4 Å². The van der Waals surface area contributed by atoms with Crippen LogP contribution in [0, 0.1) is 6.92 Å². The molecule has 23 heavy (non-hydrogen) atoms. The minimum absolute atomic E-state index is 0.00180. The normalized spacial score (nSPS) is 12.3. The smallest absolute Gasteiger partial charge is 0.228 e.